The molecule has 2 aromatic heterocycles. The van der Waals surface area contributed by atoms with Crippen LogP contribution in [-0.4, -0.2) is 50.0 Å². The summed E-state index contributed by atoms with van der Waals surface area (Å²) in [7, 11) is 0. The van der Waals surface area contributed by atoms with Gasteiger partial charge in [0.05, 0.1) is 11.7 Å². The van der Waals surface area contributed by atoms with Gasteiger partial charge in [0.15, 0.2) is 5.82 Å². The first kappa shape index (κ1) is 19.8. The molecule has 160 valence electrons. The average Bonchev–Trinajstić information content (AvgIpc) is 3.46. The van der Waals surface area contributed by atoms with Crippen molar-refractivity contribution < 1.29 is 4.79 Å². The first-order valence-corrected chi connectivity index (χ1v) is 12.2. The fourth-order valence-corrected chi connectivity index (χ4v) is 5.53. The molecule has 7 nitrogen and oxygen atoms in total. The Morgan fingerprint density at radius 1 is 1.13 bits per heavy atom. The molecule has 4 heterocycles. The van der Waals surface area contributed by atoms with Crippen LogP contribution in [0.4, 0.5) is 5.82 Å². The van der Waals surface area contributed by atoms with Crippen molar-refractivity contribution >= 4 is 23.3 Å². The summed E-state index contributed by atoms with van der Waals surface area (Å²) in [6.07, 6.45) is 8.68. The molecule has 1 atom stereocenters. The zero-order valence-corrected chi connectivity index (χ0v) is 18.7. The molecule has 1 saturated carbocycles. The Morgan fingerprint density at radius 3 is 2.80 bits per heavy atom. The van der Waals surface area contributed by atoms with Gasteiger partial charge in [0.2, 0.25) is 0 Å². The number of likely N-dealkylation sites (tertiary alicyclic amines) is 1. The highest BCUT2D eigenvalue weighted by atomic mass is 32.1. The predicted molar refractivity (Wildman–Crippen MR) is 117 cm³/mol. The Morgan fingerprint density at radius 2 is 2.00 bits per heavy atom. The van der Waals surface area contributed by atoms with Crippen LogP contribution in [0.2, 0.25) is 0 Å². The molecule has 2 fully saturated rings. The third-order valence-corrected chi connectivity index (χ3v) is 7.44. The molecule has 30 heavy (non-hydrogen) atoms. The molecule has 1 aliphatic carbocycles. The zero-order chi connectivity index (χ0) is 20.7. The number of anilines is 1. The van der Waals surface area contributed by atoms with E-state index in [0.717, 1.165) is 80.7 Å². The van der Waals surface area contributed by atoms with E-state index in [-0.39, 0.29) is 11.9 Å². The number of aromatic nitrogens is 4. The maximum Gasteiger partial charge on any atom is 0.268 e. The van der Waals surface area contributed by atoms with Gasteiger partial charge in [-0.1, -0.05) is 11.4 Å². The van der Waals surface area contributed by atoms with Gasteiger partial charge in [-0.3, -0.25) is 4.79 Å². The molecular formula is C22H30N6OS. The number of amides is 1. The van der Waals surface area contributed by atoms with E-state index < -0.39 is 0 Å². The van der Waals surface area contributed by atoms with Crippen LogP contribution in [0, 0.1) is 12.8 Å². The summed E-state index contributed by atoms with van der Waals surface area (Å²) in [6, 6.07) is -0.0632. The molecule has 2 aliphatic heterocycles. The molecule has 0 bridgehead atoms. The van der Waals surface area contributed by atoms with Gasteiger partial charge in [-0.25, -0.2) is 9.97 Å². The molecule has 1 saturated heterocycles. The second kappa shape index (κ2) is 8.21. The monoisotopic (exact) mass is 426 g/mol. The molecule has 0 unspecified atom stereocenters. The number of rotatable bonds is 5. The van der Waals surface area contributed by atoms with Crippen molar-refractivity contribution in [2.75, 3.05) is 24.5 Å². The Bertz CT molecular complexity index is 940. The molecular weight excluding hydrogens is 396 g/mol. The number of nitrogens with zero attached hydrogens (tertiary/aromatic N) is 6. The Balaban J connectivity index is 1.48. The van der Waals surface area contributed by atoms with Gasteiger partial charge in [0, 0.05) is 30.9 Å². The van der Waals surface area contributed by atoms with Gasteiger partial charge in [0.1, 0.15) is 10.7 Å². The minimum absolute atomic E-state index is 0.0420. The number of hydrogen-bond acceptors (Lipinski definition) is 7. The molecule has 2 aromatic rings. The third kappa shape index (κ3) is 3.70. The van der Waals surface area contributed by atoms with Crippen molar-refractivity contribution in [3.05, 3.63) is 27.7 Å². The molecule has 0 spiro atoms. The lowest BCUT2D eigenvalue weighted by Crippen LogP contribution is -2.40. The van der Waals surface area contributed by atoms with Crippen molar-refractivity contribution in [1.82, 2.24) is 24.5 Å². The first-order chi connectivity index (χ1) is 14.7. The molecule has 1 amide bonds. The van der Waals surface area contributed by atoms with Crippen LogP contribution in [0.3, 0.4) is 0 Å². The number of carbonyl (C=O) groups excluding carboxylic acids is 1. The van der Waals surface area contributed by atoms with Crippen LogP contribution < -0.4 is 4.90 Å². The minimum atomic E-state index is -0.0632. The van der Waals surface area contributed by atoms with Crippen molar-refractivity contribution in [3.8, 4) is 0 Å². The van der Waals surface area contributed by atoms with E-state index in [1.54, 1.807) is 0 Å². The zero-order valence-electron chi connectivity index (χ0n) is 17.9. The van der Waals surface area contributed by atoms with E-state index >= 15 is 0 Å². The van der Waals surface area contributed by atoms with Crippen LogP contribution in [0.1, 0.15) is 83.9 Å². The smallest absolute Gasteiger partial charge is 0.268 e. The number of hydrogen-bond donors (Lipinski definition) is 0. The SMILES string of the molecule is CCc1nnsc1C(=O)N1CCCC[C@@H]1c1nc(C)c2c(n1)N(CC1CC1)CCC2. The highest BCUT2D eigenvalue weighted by Gasteiger charge is 2.35. The molecule has 3 aliphatic rings. The highest BCUT2D eigenvalue weighted by molar-refractivity contribution is 7.08. The standard InChI is InChI=1S/C22H30N6OS/c1-3-17-19(30-26-25-17)22(29)28-12-5-4-8-18(28)20-23-14(2)16-7-6-11-27(21(16)24-20)13-15-9-10-15/h15,18H,3-13H2,1-2H3/t18-/m1/s1. The van der Waals surface area contributed by atoms with Crippen LogP contribution in [-0.2, 0) is 12.8 Å². The van der Waals surface area contributed by atoms with Gasteiger partial charge < -0.3 is 9.80 Å². The highest BCUT2D eigenvalue weighted by Crippen LogP contribution is 2.37. The Kier molecular flexibility index (Phi) is 5.43. The normalized spacial score (nSPS) is 21.6. The molecule has 5 rings (SSSR count). The summed E-state index contributed by atoms with van der Waals surface area (Å²) in [5.74, 6) is 2.81. The van der Waals surface area contributed by atoms with Gasteiger partial charge in [0.25, 0.3) is 5.91 Å². The number of carbonyl (C=O) groups is 1. The van der Waals surface area contributed by atoms with Crippen molar-refractivity contribution in [1.29, 1.82) is 0 Å². The second-order valence-corrected chi connectivity index (χ2v) is 9.63. The topological polar surface area (TPSA) is 75.1 Å². The summed E-state index contributed by atoms with van der Waals surface area (Å²) < 4.78 is 4.03. The quantitative estimate of drug-likeness (QED) is 0.725. The van der Waals surface area contributed by atoms with E-state index in [0.29, 0.717) is 4.88 Å². The number of aryl methyl sites for hydroxylation is 2. The Labute approximate surface area is 182 Å². The van der Waals surface area contributed by atoms with Gasteiger partial charge in [-0.15, -0.1) is 5.10 Å². The molecule has 8 heteroatoms. The van der Waals surface area contributed by atoms with Gasteiger partial charge in [-0.2, -0.15) is 0 Å². The van der Waals surface area contributed by atoms with Crippen molar-refractivity contribution in [2.45, 2.75) is 71.3 Å². The maximum atomic E-state index is 13.4. The minimum Gasteiger partial charge on any atom is -0.356 e. The van der Waals surface area contributed by atoms with Crippen molar-refractivity contribution in [3.63, 3.8) is 0 Å². The van der Waals surface area contributed by atoms with E-state index in [1.807, 2.05) is 11.8 Å². The van der Waals surface area contributed by atoms with E-state index in [4.69, 9.17) is 9.97 Å². The predicted octanol–water partition coefficient (Wildman–Crippen LogP) is 3.73. The lowest BCUT2D eigenvalue weighted by Gasteiger charge is -2.36. The fraction of sp³-hybridized carbons (Fsp3) is 0.682. The molecule has 0 aromatic carbocycles. The summed E-state index contributed by atoms with van der Waals surface area (Å²) >= 11 is 1.21. The summed E-state index contributed by atoms with van der Waals surface area (Å²) in [5, 5.41) is 4.15. The van der Waals surface area contributed by atoms with Gasteiger partial charge >= 0.3 is 0 Å². The fourth-order valence-electron chi connectivity index (χ4n) is 4.82. The number of fused-ring (bicyclic) bond motifs is 1. The van der Waals surface area contributed by atoms with Crippen LogP contribution in [0.15, 0.2) is 0 Å². The van der Waals surface area contributed by atoms with E-state index in [1.165, 1.54) is 36.4 Å². The first-order valence-electron chi connectivity index (χ1n) is 11.4. The summed E-state index contributed by atoms with van der Waals surface area (Å²) in [6.45, 7) is 7.07. The van der Waals surface area contributed by atoms with Crippen molar-refractivity contribution in [2.24, 2.45) is 5.92 Å². The lowest BCUT2D eigenvalue weighted by atomic mass is 9.99. The lowest BCUT2D eigenvalue weighted by molar-refractivity contribution is 0.0603. The average molecular weight is 427 g/mol. The largest absolute Gasteiger partial charge is 0.356 e. The number of piperidine rings is 1. The second-order valence-electron chi connectivity index (χ2n) is 8.87. The Hall–Kier alpha value is -2.09. The van der Waals surface area contributed by atoms with E-state index in [9.17, 15) is 4.79 Å². The molecule has 0 radical (unpaired) electrons. The van der Waals surface area contributed by atoms with Gasteiger partial charge in [-0.05, 0) is 75.7 Å². The maximum absolute atomic E-state index is 13.4. The van der Waals surface area contributed by atoms with Crippen LogP contribution in [0.25, 0.3) is 0 Å². The van der Waals surface area contributed by atoms with Crippen LogP contribution in [0.5, 0.6) is 0 Å². The molecule has 0 N–H and O–H groups in total. The van der Waals surface area contributed by atoms with Crippen LogP contribution >= 0.6 is 11.5 Å². The third-order valence-electron chi connectivity index (χ3n) is 6.69. The summed E-state index contributed by atoms with van der Waals surface area (Å²) in [4.78, 5) is 28.6. The van der Waals surface area contributed by atoms with E-state index in [2.05, 4.69) is 21.4 Å². The summed E-state index contributed by atoms with van der Waals surface area (Å²) in [5.41, 5.74) is 3.19.